The number of para-hydroxylation sites is 1. The van der Waals surface area contributed by atoms with Crippen molar-refractivity contribution in [3.8, 4) is 0 Å². The minimum atomic E-state index is 0.0795. The smallest absolute Gasteiger partial charge is 0.0346 e. The standard InChI is InChI=1S/C15H18N2/c16-14-9-5-4-8-13(14)10-11-15(17)12-6-2-1-3-7-12/h1-9,15H,10-11,16-17H2/t15-/m0/s1. The zero-order valence-corrected chi connectivity index (χ0v) is 9.84. The van der Waals surface area contributed by atoms with E-state index in [0.717, 1.165) is 18.5 Å². The van der Waals surface area contributed by atoms with Crippen LogP contribution in [0.3, 0.4) is 0 Å². The largest absolute Gasteiger partial charge is 0.399 e. The molecule has 88 valence electrons. The van der Waals surface area contributed by atoms with Gasteiger partial charge in [-0.05, 0) is 30.0 Å². The summed E-state index contributed by atoms with van der Waals surface area (Å²) in [7, 11) is 0. The highest BCUT2D eigenvalue weighted by Crippen LogP contribution is 2.19. The quantitative estimate of drug-likeness (QED) is 0.788. The van der Waals surface area contributed by atoms with Crippen LogP contribution in [-0.2, 0) is 6.42 Å². The Morgan fingerprint density at radius 3 is 2.24 bits per heavy atom. The molecule has 0 aliphatic carbocycles. The highest BCUT2D eigenvalue weighted by atomic mass is 14.6. The summed E-state index contributed by atoms with van der Waals surface area (Å²) in [5.74, 6) is 0. The van der Waals surface area contributed by atoms with Crippen molar-refractivity contribution < 1.29 is 0 Å². The Hall–Kier alpha value is -1.80. The summed E-state index contributed by atoms with van der Waals surface area (Å²) in [5, 5.41) is 0. The van der Waals surface area contributed by atoms with E-state index < -0.39 is 0 Å². The van der Waals surface area contributed by atoms with E-state index in [1.54, 1.807) is 0 Å². The Kier molecular flexibility index (Phi) is 3.78. The predicted molar refractivity (Wildman–Crippen MR) is 72.5 cm³/mol. The maximum absolute atomic E-state index is 6.15. The highest BCUT2D eigenvalue weighted by molar-refractivity contribution is 5.46. The van der Waals surface area contributed by atoms with Crippen molar-refractivity contribution >= 4 is 5.69 Å². The summed E-state index contributed by atoms with van der Waals surface area (Å²) in [6, 6.07) is 18.2. The molecule has 0 heterocycles. The molecule has 0 spiro atoms. The monoisotopic (exact) mass is 226 g/mol. The van der Waals surface area contributed by atoms with E-state index in [1.165, 1.54) is 11.1 Å². The van der Waals surface area contributed by atoms with Gasteiger partial charge in [-0.1, -0.05) is 48.5 Å². The lowest BCUT2D eigenvalue weighted by molar-refractivity contribution is 0.652. The lowest BCUT2D eigenvalue weighted by atomic mass is 9.99. The average molecular weight is 226 g/mol. The third-order valence-electron chi connectivity index (χ3n) is 3.01. The van der Waals surface area contributed by atoms with Gasteiger partial charge in [-0.2, -0.15) is 0 Å². The Morgan fingerprint density at radius 1 is 0.882 bits per heavy atom. The van der Waals surface area contributed by atoms with E-state index in [0.29, 0.717) is 0 Å². The van der Waals surface area contributed by atoms with Crippen molar-refractivity contribution in [3.05, 3.63) is 65.7 Å². The lowest BCUT2D eigenvalue weighted by Crippen LogP contribution is -2.11. The van der Waals surface area contributed by atoms with Crippen molar-refractivity contribution in [2.24, 2.45) is 5.73 Å². The molecule has 0 aliphatic rings. The number of nitrogen functional groups attached to an aromatic ring is 1. The number of hydrogen-bond acceptors (Lipinski definition) is 2. The van der Waals surface area contributed by atoms with E-state index in [9.17, 15) is 0 Å². The van der Waals surface area contributed by atoms with Crippen LogP contribution in [0.25, 0.3) is 0 Å². The Morgan fingerprint density at radius 2 is 1.53 bits per heavy atom. The molecular weight excluding hydrogens is 208 g/mol. The molecule has 1 atom stereocenters. The third-order valence-corrected chi connectivity index (χ3v) is 3.01. The van der Waals surface area contributed by atoms with Crippen molar-refractivity contribution in [3.63, 3.8) is 0 Å². The van der Waals surface area contributed by atoms with Crippen LogP contribution in [0.5, 0.6) is 0 Å². The second kappa shape index (κ2) is 5.51. The summed E-state index contributed by atoms with van der Waals surface area (Å²) in [6.45, 7) is 0. The van der Waals surface area contributed by atoms with Crippen LogP contribution in [0.2, 0.25) is 0 Å². The summed E-state index contributed by atoms with van der Waals surface area (Å²) in [4.78, 5) is 0. The van der Waals surface area contributed by atoms with Gasteiger partial charge in [-0.25, -0.2) is 0 Å². The predicted octanol–water partition coefficient (Wildman–Crippen LogP) is 2.90. The fraction of sp³-hybridized carbons (Fsp3) is 0.200. The SMILES string of the molecule is Nc1ccccc1CC[C@H](N)c1ccccc1. The summed E-state index contributed by atoms with van der Waals surface area (Å²) < 4.78 is 0. The summed E-state index contributed by atoms with van der Waals surface area (Å²) in [6.07, 6.45) is 1.83. The van der Waals surface area contributed by atoms with E-state index >= 15 is 0 Å². The van der Waals surface area contributed by atoms with E-state index in [1.807, 2.05) is 36.4 Å². The molecular formula is C15H18N2. The van der Waals surface area contributed by atoms with Gasteiger partial charge in [0.1, 0.15) is 0 Å². The van der Waals surface area contributed by atoms with Gasteiger partial charge in [-0.15, -0.1) is 0 Å². The first-order valence-corrected chi connectivity index (χ1v) is 5.91. The van der Waals surface area contributed by atoms with Gasteiger partial charge < -0.3 is 11.5 Å². The Labute approximate surface area is 102 Å². The molecule has 0 unspecified atom stereocenters. The van der Waals surface area contributed by atoms with Gasteiger partial charge in [0.25, 0.3) is 0 Å². The van der Waals surface area contributed by atoms with Gasteiger partial charge in [0, 0.05) is 11.7 Å². The summed E-state index contributed by atoms with van der Waals surface area (Å²) in [5.41, 5.74) is 15.3. The highest BCUT2D eigenvalue weighted by Gasteiger charge is 2.06. The number of anilines is 1. The van der Waals surface area contributed by atoms with Gasteiger partial charge in [0.05, 0.1) is 0 Å². The topological polar surface area (TPSA) is 52.0 Å². The minimum absolute atomic E-state index is 0.0795. The molecule has 2 heteroatoms. The zero-order chi connectivity index (χ0) is 12.1. The molecule has 0 radical (unpaired) electrons. The second-order valence-electron chi connectivity index (χ2n) is 4.25. The Balaban J connectivity index is 1.97. The van der Waals surface area contributed by atoms with Gasteiger partial charge >= 0.3 is 0 Å². The molecule has 0 saturated heterocycles. The Bertz CT molecular complexity index is 465. The van der Waals surface area contributed by atoms with Crippen LogP contribution in [0.4, 0.5) is 5.69 Å². The first-order valence-electron chi connectivity index (χ1n) is 5.91. The van der Waals surface area contributed by atoms with Gasteiger partial charge in [-0.3, -0.25) is 0 Å². The van der Waals surface area contributed by atoms with Crippen LogP contribution in [0.1, 0.15) is 23.6 Å². The first kappa shape index (κ1) is 11.7. The van der Waals surface area contributed by atoms with Gasteiger partial charge in [0.2, 0.25) is 0 Å². The third kappa shape index (κ3) is 3.08. The number of hydrogen-bond donors (Lipinski definition) is 2. The van der Waals surface area contributed by atoms with E-state index in [4.69, 9.17) is 11.5 Å². The number of aryl methyl sites for hydroxylation is 1. The molecule has 0 amide bonds. The maximum atomic E-state index is 6.15. The number of nitrogens with two attached hydrogens (primary N) is 2. The average Bonchev–Trinajstić information content (AvgIpc) is 2.38. The molecule has 0 saturated carbocycles. The van der Waals surface area contributed by atoms with Crippen LogP contribution in [0, 0.1) is 0 Å². The second-order valence-corrected chi connectivity index (χ2v) is 4.25. The molecule has 0 bridgehead atoms. The molecule has 2 aromatic rings. The van der Waals surface area contributed by atoms with Crippen LogP contribution >= 0.6 is 0 Å². The van der Waals surface area contributed by atoms with E-state index in [-0.39, 0.29) is 6.04 Å². The van der Waals surface area contributed by atoms with Crippen LogP contribution in [-0.4, -0.2) is 0 Å². The fourth-order valence-electron chi connectivity index (χ4n) is 1.94. The normalized spacial score (nSPS) is 12.3. The maximum Gasteiger partial charge on any atom is 0.0346 e. The molecule has 0 aliphatic heterocycles. The van der Waals surface area contributed by atoms with Gasteiger partial charge in [0.15, 0.2) is 0 Å². The molecule has 0 fully saturated rings. The number of rotatable bonds is 4. The molecule has 2 nitrogen and oxygen atoms in total. The molecule has 2 aromatic carbocycles. The van der Waals surface area contributed by atoms with Crippen molar-refractivity contribution in [1.82, 2.24) is 0 Å². The minimum Gasteiger partial charge on any atom is -0.399 e. The molecule has 2 rings (SSSR count). The molecule has 0 aromatic heterocycles. The van der Waals surface area contributed by atoms with Crippen molar-refractivity contribution in [1.29, 1.82) is 0 Å². The van der Waals surface area contributed by atoms with Crippen molar-refractivity contribution in [2.75, 3.05) is 5.73 Å². The molecule has 17 heavy (non-hydrogen) atoms. The van der Waals surface area contributed by atoms with Crippen LogP contribution < -0.4 is 11.5 Å². The molecule has 4 N–H and O–H groups in total. The van der Waals surface area contributed by atoms with E-state index in [2.05, 4.69) is 18.2 Å². The fourth-order valence-corrected chi connectivity index (χ4v) is 1.94. The van der Waals surface area contributed by atoms with Crippen molar-refractivity contribution in [2.45, 2.75) is 18.9 Å². The first-order chi connectivity index (χ1) is 8.27. The lowest BCUT2D eigenvalue weighted by Gasteiger charge is -2.12. The zero-order valence-electron chi connectivity index (χ0n) is 9.84. The number of benzene rings is 2. The summed E-state index contributed by atoms with van der Waals surface area (Å²) >= 11 is 0. The van der Waals surface area contributed by atoms with Crippen LogP contribution in [0.15, 0.2) is 54.6 Å².